The van der Waals surface area contributed by atoms with Crippen molar-refractivity contribution in [1.29, 1.82) is 0 Å². The summed E-state index contributed by atoms with van der Waals surface area (Å²) in [6.07, 6.45) is 3.76. The molecule has 3 nitrogen and oxygen atoms in total. The van der Waals surface area contributed by atoms with Crippen molar-refractivity contribution in [2.75, 3.05) is 0 Å². The topological polar surface area (TPSA) is 55.1 Å². The molecule has 3 rings (SSSR count). The predicted octanol–water partition coefficient (Wildman–Crippen LogP) is 4.12. The number of nitrogens with two attached hydrogens (primary N) is 1. The number of hydrogen-bond donors (Lipinski definition) is 2. The van der Waals surface area contributed by atoms with Crippen molar-refractivity contribution in [3.05, 3.63) is 57.2 Å². The molecular weight excluding hydrogens is 328 g/mol. The van der Waals surface area contributed by atoms with Gasteiger partial charge in [-0.3, -0.25) is 4.79 Å². The van der Waals surface area contributed by atoms with Gasteiger partial charge in [0, 0.05) is 21.9 Å². The lowest BCUT2D eigenvalue weighted by molar-refractivity contribution is -0.126. The molecule has 5 heteroatoms. The second-order valence-electron chi connectivity index (χ2n) is 6.13. The van der Waals surface area contributed by atoms with E-state index in [1.807, 2.05) is 35.7 Å². The van der Waals surface area contributed by atoms with Crippen LogP contribution in [0.3, 0.4) is 0 Å². The van der Waals surface area contributed by atoms with Crippen LogP contribution in [0.2, 0.25) is 5.02 Å². The largest absolute Gasteiger partial charge is 0.344 e. The molecule has 0 bridgehead atoms. The molecule has 1 saturated carbocycles. The lowest BCUT2D eigenvalue weighted by Gasteiger charge is -2.28. The Bertz CT molecular complexity index is 642. The Balaban J connectivity index is 1.79. The van der Waals surface area contributed by atoms with E-state index in [0.29, 0.717) is 5.02 Å². The van der Waals surface area contributed by atoms with Crippen LogP contribution in [-0.2, 0) is 4.79 Å². The maximum atomic E-state index is 12.7. The zero-order chi connectivity index (χ0) is 16.2. The van der Waals surface area contributed by atoms with Gasteiger partial charge in [0.05, 0.1) is 6.04 Å². The van der Waals surface area contributed by atoms with Crippen LogP contribution in [0.15, 0.2) is 41.8 Å². The second-order valence-corrected chi connectivity index (χ2v) is 7.55. The van der Waals surface area contributed by atoms with Crippen molar-refractivity contribution < 1.29 is 4.79 Å². The summed E-state index contributed by atoms with van der Waals surface area (Å²) in [5, 5.41) is 5.94. The van der Waals surface area contributed by atoms with Gasteiger partial charge in [0.2, 0.25) is 5.91 Å². The van der Waals surface area contributed by atoms with Crippen LogP contribution in [0.25, 0.3) is 0 Å². The number of benzene rings is 1. The summed E-state index contributed by atoms with van der Waals surface area (Å²) in [7, 11) is 0. The van der Waals surface area contributed by atoms with E-state index in [2.05, 4.69) is 11.4 Å². The predicted molar refractivity (Wildman–Crippen MR) is 95.7 cm³/mol. The van der Waals surface area contributed by atoms with Crippen molar-refractivity contribution in [2.45, 2.75) is 37.8 Å². The number of carbonyl (C=O) groups excluding carboxylic acids is 1. The van der Waals surface area contributed by atoms with Crippen LogP contribution >= 0.6 is 22.9 Å². The highest BCUT2D eigenvalue weighted by molar-refractivity contribution is 7.10. The minimum absolute atomic E-state index is 0.0218. The molecule has 122 valence electrons. The first-order valence-corrected chi connectivity index (χ1v) is 9.24. The highest BCUT2D eigenvalue weighted by Crippen LogP contribution is 2.29. The molecule has 0 spiro atoms. The smallest absolute Gasteiger partial charge is 0.223 e. The number of rotatable bonds is 4. The Hall–Kier alpha value is -1.36. The van der Waals surface area contributed by atoms with Crippen LogP contribution in [0.1, 0.15) is 42.2 Å². The zero-order valence-electron chi connectivity index (χ0n) is 12.9. The van der Waals surface area contributed by atoms with Crippen LogP contribution in [0.5, 0.6) is 0 Å². The lowest BCUT2D eigenvalue weighted by Crippen LogP contribution is -2.39. The molecule has 1 heterocycles. The van der Waals surface area contributed by atoms with Crippen molar-refractivity contribution in [3.8, 4) is 0 Å². The minimum atomic E-state index is -0.127. The van der Waals surface area contributed by atoms with E-state index in [-0.39, 0.29) is 23.9 Å². The lowest BCUT2D eigenvalue weighted by atomic mass is 9.85. The Kier molecular flexibility index (Phi) is 5.36. The molecule has 0 radical (unpaired) electrons. The molecule has 1 aromatic heterocycles. The second kappa shape index (κ2) is 7.47. The van der Waals surface area contributed by atoms with Crippen LogP contribution < -0.4 is 11.1 Å². The molecule has 3 N–H and O–H groups in total. The maximum Gasteiger partial charge on any atom is 0.223 e. The molecule has 0 saturated heterocycles. The van der Waals surface area contributed by atoms with Crippen LogP contribution in [0.4, 0.5) is 0 Å². The summed E-state index contributed by atoms with van der Waals surface area (Å²) < 4.78 is 0. The van der Waals surface area contributed by atoms with Crippen LogP contribution in [-0.4, -0.2) is 11.9 Å². The third kappa shape index (κ3) is 4.14. The summed E-state index contributed by atoms with van der Waals surface area (Å²) >= 11 is 7.63. The van der Waals surface area contributed by atoms with E-state index in [1.165, 1.54) is 0 Å². The highest BCUT2D eigenvalue weighted by atomic mass is 35.5. The minimum Gasteiger partial charge on any atom is -0.344 e. The van der Waals surface area contributed by atoms with E-state index in [1.54, 1.807) is 11.3 Å². The van der Waals surface area contributed by atoms with Gasteiger partial charge in [-0.1, -0.05) is 36.2 Å². The number of hydrogen-bond acceptors (Lipinski definition) is 3. The monoisotopic (exact) mass is 348 g/mol. The number of amides is 1. The molecular formula is C18H21ClN2OS. The Morgan fingerprint density at radius 3 is 2.70 bits per heavy atom. The van der Waals surface area contributed by atoms with Crippen molar-refractivity contribution in [2.24, 2.45) is 11.7 Å². The van der Waals surface area contributed by atoms with Crippen LogP contribution in [0, 0.1) is 5.92 Å². The normalized spacial score (nSPS) is 22.5. The third-order valence-electron chi connectivity index (χ3n) is 4.40. The molecule has 23 heavy (non-hydrogen) atoms. The number of nitrogens with one attached hydrogen (secondary N) is 1. The first-order valence-electron chi connectivity index (χ1n) is 7.98. The number of thiophene rings is 1. The van der Waals surface area contributed by atoms with E-state index >= 15 is 0 Å². The van der Waals surface area contributed by atoms with Gasteiger partial charge in [0.15, 0.2) is 0 Å². The van der Waals surface area contributed by atoms with E-state index < -0.39 is 0 Å². The highest BCUT2D eigenvalue weighted by Gasteiger charge is 2.28. The summed E-state index contributed by atoms with van der Waals surface area (Å²) in [6, 6.07) is 11.7. The summed E-state index contributed by atoms with van der Waals surface area (Å²) in [6.45, 7) is 0. The Morgan fingerprint density at radius 1 is 1.26 bits per heavy atom. The molecule has 3 unspecified atom stereocenters. The molecule has 1 aliphatic rings. The molecule has 0 aliphatic heterocycles. The van der Waals surface area contributed by atoms with E-state index in [9.17, 15) is 4.79 Å². The Morgan fingerprint density at radius 2 is 2.04 bits per heavy atom. The number of halogens is 1. The van der Waals surface area contributed by atoms with E-state index in [0.717, 1.165) is 36.1 Å². The maximum absolute atomic E-state index is 12.7. The van der Waals surface area contributed by atoms with E-state index in [4.69, 9.17) is 17.3 Å². The first kappa shape index (κ1) is 16.5. The number of carbonyl (C=O) groups is 1. The molecule has 1 amide bonds. The summed E-state index contributed by atoms with van der Waals surface area (Å²) in [5.41, 5.74) is 7.07. The molecule has 1 aromatic carbocycles. The third-order valence-corrected chi connectivity index (χ3v) is 5.59. The SMILES string of the molecule is NC1CCCC(C(=O)NC(c2ccc(Cl)cc2)c2cccs2)C1. The van der Waals surface area contributed by atoms with Gasteiger partial charge in [-0.05, 0) is 48.4 Å². The fraction of sp³-hybridized carbons (Fsp3) is 0.389. The quantitative estimate of drug-likeness (QED) is 0.873. The summed E-state index contributed by atoms with van der Waals surface area (Å²) in [5.74, 6) is 0.127. The Labute approximate surface area is 145 Å². The van der Waals surface area contributed by atoms with Gasteiger partial charge in [-0.25, -0.2) is 0 Å². The van der Waals surface area contributed by atoms with Crippen molar-refractivity contribution in [3.63, 3.8) is 0 Å². The van der Waals surface area contributed by atoms with Gasteiger partial charge in [-0.2, -0.15) is 0 Å². The van der Waals surface area contributed by atoms with Crippen molar-refractivity contribution >= 4 is 28.8 Å². The standard InChI is InChI=1S/C18H21ClN2OS/c19-14-8-6-12(7-9-14)17(16-5-2-10-23-16)21-18(22)13-3-1-4-15(20)11-13/h2,5-10,13,15,17H,1,3-4,11,20H2,(H,21,22). The van der Waals surface area contributed by atoms with Gasteiger partial charge < -0.3 is 11.1 Å². The van der Waals surface area contributed by atoms with Gasteiger partial charge >= 0.3 is 0 Å². The zero-order valence-corrected chi connectivity index (χ0v) is 14.4. The van der Waals surface area contributed by atoms with Gasteiger partial charge in [-0.15, -0.1) is 11.3 Å². The molecule has 3 atom stereocenters. The summed E-state index contributed by atoms with van der Waals surface area (Å²) in [4.78, 5) is 13.8. The molecule has 1 fully saturated rings. The van der Waals surface area contributed by atoms with Gasteiger partial charge in [0.25, 0.3) is 0 Å². The average Bonchev–Trinajstić information content (AvgIpc) is 3.07. The molecule has 2 aromatic rings. The fourth-order valence-electron chi connectivity index (χ4n) is 3.16. The van der Waals surface area contributed by atoms with Gasteiger partial charge in [0.1, 0.15) is 0 Å². The van der Waals surface area contributed by atoms with Crippen molar-refractivity contribution in [1.82, 2.24) is 5.32 Å². The first-order chi connectivity index (χ1) is 11.1. The average molecular weight is 349 g/mol. The molecule has 1 aliphatic carbocycles. The fourth-order valence-corrected chi connectivity index (χ4v) is 4.08.